The fraction of sp³-hybridized carbons (Fsp3) is 0.706. The molecule has 1 aromatic rings. The van der Waals surface area contributed by atoms with E-state index in [0.29, 0.717) is 0 Å². The lowest BCUT2D eigenvalue weighted by atomic mass is 9.89. The largest absolute Gasteiger partial charge is 0.490 e. The van der Waals surface area contributed by atoms with Crippen molar-refractivity contribution < 1.29 is 37.0 Å². The zero-order valence-corrected chi connectivity index (χ0v) is 14.8. The van der Waals surface area contributed by atoms with Crippen molar-refractivity contribution in [2.24, 2.45) is 0 Å². The van der Waals surface area contributed by atoms with Crippen molar-refractivity contribution in [3.63, 3.8) is 0 Å². The van der Waals surface area contributed by atoms with Gasteiger partial charge in [-0.3, -0.25) is 4.90 Å². The fourth-order valence-electron chi connectivity index (χ4n) is 3.35. The Morgan fingerprint density at radius 2 is 2.15 bits per heavy atom. The summed E-state index contributed by atoms with van der Waals surface area (Å²) in [5.74, 6) is -0.721. The number of piperidine rings is 1. The van der Waals surface area contributed by atoms with Crippen LogP contribution in [0.3, 0.4) is 0 Å². The van der Waals surface area contributed by atoms with Crippen molar-refractivity contribution in [3.8, 4) is 0 Å². The van der Waals surface area contributed by atoms with Crippen LogP contribution in [0, 0.1) is 6.92 Å². The number of nitrogens with zero attached hydrogens (tertiary/aromatic N) is 1. The molecular formula is C17H24F3NO5. The monoisotopic (exact) mass is 379 g/mol. The van der Waals surface area contributed by atoms with Crippen LogP contribution in [0.25, 0.3) is 0 Å². The molecule has 0 bridgehead atoms. The molecule has 3 heterocycles. The molecule has 9 heteroatoms. The highest BCUT2D eigenvalue weighted by Gasteiger charge is 2.43. The summed E-state index contributed by atoms with van der Waals surface area (Å²) in [5, 5.41) is 7.12. The third-order valence-corrected chi connectivity index (χ3v) is 4.54. The van der Waals surface area contributed by atoms with Crippen LogP contribution in [-0.4, -0.2) is 60.7 Å². The Morgan fingerprint density at radius 3 is 2.65 bits per heavy atom. The zero-order chi connectivity index (χ0) is 19.4. The summed E-state index contributed by atoms with van der Waals surface area (Å²) in [7, 11) is 1.78. The van der Waals surface area contributed by atoms with Crippen molar-refractivity contribution in [2.45, 2.75) is 50.6 Å². The van der Waals surface area contributed by atoms with Crippen LogP contribution in [-0.2, 0) is 20.8 Å². The molecule has 26 heavy (non-hydrogen) atoms. The van der Waals surface area contributed by atoms with Crippen LogP contribution in [0.5, 0.6) is 0 Å². The van der Waals surface area contributed by atoms with Crippen LogP contribution >= 0.6 is 0 Å². The lowest BCUT2D eigenvalue weighted by molar-refractivity contribution is -0.192. The minimum Gasteiger partial charge on any atom is -0.475 e. The normalized spacial score (nSPS) is 26.6. The van der Waals surface area contributed by atoms with Crippen molar-refractivity contribution in [1.29, 1.82) is 0 Å². The smallest absolute Gasteiger partial charge is 0.475 e. The molecule has 2 fully saturated rings. The summed E-state index contributed by atoms with van der Waals surface area (Å²) in [4.78, 5) is 11.3. The van der Waals surface area contributed by atoms with E-state index in [9.17, 15) is 13.2 Å². The highest BCUT2D eigenvalue weighted by molar-refractivity contribution is 5.73. The van der Waals surface area contributed by atoms with Gasteiger partial charge in [-0.1, -0.05) is 0 Å². The molecule has 0 radical (unpaired) electrons. The maximum Gasteiger partial charge on any atom is 0.490 e. The molecule has 0 aromatic carbocycles. The van der Waals surface area contributed by atoms with Crippen molar-refractivity contribution in [1.82, 2.24) is 4.90 Å². The van der Waals surface area contributed by atoms with Gasteiger partial charge in [-0.15, -0.1) is 0 Å². The molecule has 2 atom stereocenters. The second kappa shape index (κ2) is 8.41. The number of aliphatic carboxylic acids is 1. The SMILES string of the molecule is CO[C@H]1CO[C@@]2(CCCN(Cc3ccc(C)o3)C2)C1.O=C(O)C(F)(F)F. The van der Waals surface area contributed by atoms with Gasteiger partial charge < -0.3 is 19.0 Å². The minimum absolute atomic E-state index is 0.0144. The summed E-state index contributed by atoms with van der Waals surface area (Å²) >= 11 is 0. The Bertz CT molecular complexity index is 603. The number of carboxylic acids is 1. The molecular weight excluding hydrogens is 355 g/mol. The van der Waals surface area contributed by atoms with E-state index in [2.05, 4.69) is 11.0 Å². The third kappa shape index (κ3) is 5.72. The molecule has 1 N–H and O–H groups in total. The Kier molecular flexibility index (Phi) is 6.70. The van der Waals surface area contributed by atoms with Gasteiger partial charge in [-0.2, -0.15) is 13.2 Å². The molecule has 0 saturated carbocycles. The maximum atomic E-state index is 10.6. The van der Waals surface area contributed by atoms with E-state index in [-0.39, 0.29) is 11.7 Å². The number of carboxylic acid groups (broad SMARTS) is 1. The van der Waals surface area contributed by atoms with Gasteiger partial charge in [0, 0.05) is 20.1 Å². The Balaban J connectivity index is 0.000000298. The first-order valence-electron chi connectivity index (χ1n) is 8.38. The molecule has 1 aromatic heterocycles. The highest BCUT2D eigenvalue weighted by Crippen LogP contribution is 2.36. The van der Waals surface area contributed by atoms with E-state index < -0.39 is 12.1 Å². The second-order valence-electron chi connectivity index (χ2n) is 6.69. The number of halogens is 3. The van der Waals surface area contributed by atoms with Crippen LogP contribution in [0.4, 0.5) is 13.2 Å². The summed E-state index contributed by atoms with van der Waals surface area (Å²) < 4.78 is 48.9. The fourth-order valence-corrected chi connectivity index (χ4v) is 3.35. The number of likely N-dealkylation sites (tertiary alicyclic amines) is 1. The molecule has 0 unspecified atom stereocenters. The van der Waals surface area contributed by atoms with Gasteiger partial charge in [-0.25, -0.2) is 4.79 Å². The molecule has 1 spiro atoms. The Labute approximate surface area is 149 Å². The Morgan fingerprint density at radius 1 is 1.46 bits per heavy atom. The summed E-state index contributed by atoms with van der Waals surface area (Å²) in [6, 6.07) is 4.10. The first kappa shape index (κ1) is 20.7. The summed E-state index contributed by atoms with van der Waals surface area (Å²) in [6.07, 6.45) is -1.45. The maximum absolute atomic E-state index is 10.6. The predicted octanol–water partition coefficient (Wildman–Crippen LogP) is 2.99. The summed E-state index contributed by atoms with van der Waals surface area (Å²) in [5.41, 5.74) is 0.0144. The first-order chi connectivity index (χ1) is 12.1. The number of ether oxygens (including phenoxy) is 2. The predicted molar refractivity (Wildman–Crippen MR) is 85.7 cm³/mol. The molecule has 148 valence electrons. The number of alkyl halides is 3. The van der Waals surface area contributed by atoms with Gasteiger partial charge in [-0.05, 0) is 38.4 Å². The number of furan rings is 1. The van der Waals surface area contributed by atoms with E-state index in [1.807, 2.05) is 13.0 Å². The Hall–Kier alpha value is -1.58. The molecule has 0 amide bonds. The molecule has 2 saturated heterocycles. The number of methoxy groups -OCH3 is 1. The van der Waals surface area contributed by atoms with Gasteiger partial charge in [0.1, 0.15) is 11.5 Å². The standard InChI is InChI=1S/C15H23NO3.C2HF3O2/c1-12-4-5-13(19-12)9-16-7-3-6-15(11-16)8-14(17-2)10-18-15;3-2(4,5)1(6)7/h4-5,14H,3,6-11H2,1-2H3;(H,6,7)/t14-,15+;/m1./s1. The highest BCUT2D eigenvalue weighted by atomic mass is 19.4. The number of rotatable bonds is 3. The summed E-state index contributed by atoms with van der Waals surface area (Å²) in [6.45, 7) is 5.74. The van der Waals surface area contributed by atoms with Gasteiger partial charge in [0.25, 0.3) is 0 Å². The number of hydrogen-bond donors (Lipinski definition) is 1. The molecule has 2 aliphatic heterocycles. The van der Waals surface area contributed by atoms with Crippen molar-refractivity contribution >= 4 is 5.97 Å². The molecule has 2 aliphatic rings. The lowest BCUT2D eigenvalue weighted by Gasteiger charge is -2.39. The zero-order valence-electron chi connectivity index (χ0n) is 14.8. The molecule has 6 nitrogen and oxygen atoms in total. The van der Waals surface area contributed by atoms with E-state index in [4.69, 9.17) is 23.8 Å². The van der Waals surface area contributed by atoms with Gasteiger partial charge in [0.15, 0.2) is 0 Å². The number of carbonyl (C=O) groups is 1. The first-order valence-corrected chi connectivity index (χ1v) is 8.38. The second-order valence-corrected chi connectivity index (χ2v) is 6.69. The van der Waals surface area contributed by atoms with Crippen LogP contribution in [0.1, 0.15) is 30.8 Å². The van der Waals surface area contributed by atoms with Crippen LogP contribution < -0.4 is 0 Å². The van der Waals surface area contributed by atoms with E-state index in [1.165, 1.54) is 6.42 Å². The average molecular weight is 379 g/mol. The van der Waals surface area contributed by atoms with Crippen molar-refractivity contribution in [2.75, 3.05) is 26.8 Å². The van der Waals surface area contributed by atoms with E-state index in [0.717, 1.165) is 50.6 Å². The van der Waals surface area contributed by atoms with Gasteiger partial charge in [0.05, 0.1) is 24.9 Å². The van der Waals surface area contributed by atoms with Gasteiger partial charge in [0.2, 0.25) is 0 Å². The van der Waals surface area contributed by atoms with Crippen LogP contribution in [0.15, 0.2) is 16.5 Å². The van der Waals surface area contributed by atoms with Crippen LogP contribution in [0.2, 0.25) is 0 Å². The van der Waals surface area contributed by atoms with Crippen molar-refractivity contribution in [3.05, 3.63) is 23.7 Å². The quantitative estimate of drug-likeness (QED) is 0.871. The third-order valence-electron chi connectivity index (χ3n) is 4.54. The topological polar surface area (TPSA) is 72.1 Å². The number of aryl methyl sites for hydroxylation is 1. The number of hydrogen-bond acceptors (Lipinski definition) is 5. The van der Waals surface area contributed by atoms with E-state index >= 15 is 0 Å². The van der Waals surface area contributed by atoms with E-state index in [1.54, 1.807) is 7.11 Å². The average Bonchev–Trinajstić information content (AvgIpc) is 3.14. The molecule has 0 aliphatic carbocycles. The van der Waals surface area contributed by atoms with Gasteiger partial charge >= 0.3 is 12.1 Å². The molecule has 3 rings (SSSR count). The lowest BCUT2D eigenvalue weighted by Crippen LogP contribution is -2.47. The minimum atomic E-state index is -5.08.